The number of piperidine rings is 1. The van der Waals surface area contributed by atoms with Crippen molar-refractivity contribution in [3.8, 4) is 5.75 Å². The van der Waals surface area contributed by atoms with E-state index in [1.54, 1.807) is 29.2 Å². The molecule has 2 heterocycles. The van der Waals surface area contributed by atoms with Gasteiger partial charge in [0.1, 0.15) is 5.75 Å². The molecule has 1 atom stereocenters. The molecule has 1 saturated heterocycles. The summed E-state index contributed by atoms with van der Waals surface area (Å²) >= 11 is 0. The van der Waals surface area contributed by atoms with E-state index >= 15 is 0 Å². The standard InChI is InChI=1S/C24H28N4O4S/c1-2-32-22-13-12-20(33(30,31)27-15-7-4-8-16-27)18-21(22)26-24(29)23(28-17-9-14-25-28)19-10-5-3-6-11-19/h3,5-6,9-14,17-18,23H,2,4,7-8,15-16H2,1H3,(H,26,29). The molecule has 8 nitrogen and oxygen atoms in total. The number of carbonyl (C=O) groups is 1. The average Bonchev–Trinajstić information content (AvgIpc) is 3.36. The highest BCUT2D eigenvalue weighted by atomic mass is 32.2. The van der Waals surface area contributed by atoms with Crippen molar-refractivity contribution in [2.75, 3.05) is 25.0 Å². The molecule has 1 aliphatic heterocycles. The molecular weight excluding hydrogens is 440 g/mol. The van der Waals surface area contributed by atoms with Crippen LogP contribution in [0.15, 0.2) is 71.9 Å². The molecular formula is C24H28N4O4S. The third kappa shape index (κ3) is 5.09. The van der Waals surface area contributed by atoms with Gasteiger partial charge in [0.2, 0.25) is 10.0 Å². The van der Waals surface area contributed by atoms with Gasteiger partial charge in [-0.1, -0.05) is 36.8 Å². The molecule has 1 unspecified atom stereocenters. The fraction of sp³-hybridized carbons (Fsp3) is 0.333. The fourth-order valence-corrected chi connectivity index (χ4v) is 5.54. The second-order valence-electron chi connectivity index (χ2n) is 7.84. The van der Waals surface area contributed by atoms with E-state index in [0.29, 0.717) is 31.1 Å². The van der Waals surface area contributed by atoms with Crippen LogP contribution in [0.25, 0.3) is 0 Å². The van der Waals surface area contributed by atoms with Gasteiger partial charge in [-0.25, -0.2) is 8.42 Å². The number of nitrogens with one attached hydrogen (secondary N) is 1. The van der Waals surface area contributed by atoms with Gasteiger partial charge in [0.15, 0.2) is 6.04 Å². The zero-order valence-corrected chi connectivity index (χ0v) is 19.4. The summed E-state index contributed by atoms with van der Waals surface area (Å²) in [6, 6.07) is 14.9. The Balaban J connectivity index is 1.68. The van der Waals surface area contributed by atoms with Crippen LogP contribution in [-0.4, -0.2) is 48.1 Å². The first kappa shape index (κ1) is 23.0. The lowest BCUT2D eigenvalue weighted by Gasteiger charge is -2.26. The Hall–Kier alpha value is -3.17. The topological polar surface area (TPSA) is 93.5 Å². The molecule has 0 spiro atoms. The molecule has 0 saturated carbocycles. The van der Waals surface area contributed by atoms with E-state index < -0.39 is 16.1 Å². The van der Waals surface area contributed by atoms with Gasteiger partial charge in [0, 0.05) is 25.5 Å². The van der Waals surface area contributed by atoms with Gasteiger partial charge in [-0.05, 0) is 49.6 Å². The Kier molecular flexibility index (Phi) is 7.10. The Labute approximate surface area is 194 Å². The second kappa shape index (κ2) is 10.2. The quantitative estimate of drug-likeness (QED) is 0.544. The first-order valence-electron chi connectivity index (χ1n) is 11.1. The van der Waals surface area contributed by atoms with Crippen molar-refractivity contribution in [2.45, 2.75) is 37.1 Å². The fourth-order valence-electron chi connectivity index (χ4n) is 4.00. The van der Waals surface area contributed by atoms with Crippen LogP contribution in [0.2, 0.25) is 0 Å². The highest BCUT2D eigenvalue weighted by molar-refractivity contribution is 7.89. The third-order valence-electron chi connectivity index (χ3n) is 5.61. The normalized spacial score (nSPS) is 15.7. The van der Waals surface area contributed by atoms with E-state index in [0.717, 1.165) is 24.8 Å². The number of benzene rings is 2. The van der Waals surface area contributed by atoms with Crippen LogP contribution < -0.4 is 10.1 Å². The summed E-state index contributed by atoms with van der Waals surface area (Å²) in [6.45, 7) is 3.22. The van der Waals surface area contributed by atoms with Crippen LogP contribution in [0.1, 0.15) is 37.8 Å². The van der Waals surface area contributed by atoms with E-state index in [9.17, 15) is 13.2 Å². The number of ether oxygens (including phenoxy) is 1. The number of aromatic nitrogens is 2. The number of anilines is 1. The predicted molar refractivity (Wildman–Crippen MR) is 126 cm³/mol. The van der Waals surface area contributed by atoms with Crippen molar-refractivity contribution in [3.63, 3.8) is 0 Å². The third-order valence-corrected chi connectivity index (χ3v) is 7.51. The zero-order valence-electron chi connectivity index (χ0n) is 18.6. The summed E-state index contributed by atoms with van der Waals surface area (Å²) in [6.07, 6.45) is 6.06. The van der Waals surface area contributed by atoms with E-state index in [1.165, 1.54) is 16.4 Å². The Morgan fingerprint density at radius 2 is 1.85 bits per heavy atom. The Bertz CT molecular complexity index is 1170. The van der Waals surface area contributed by atoms with Gasteiger partial charge in [-0.2, -0.15) is 9.40 Å². The number of nitrogens with zero attached hydrogens (tertiary/aromatic N) is 3. The number of amides is 1. The number of rotatable bonds is 8. The Morgan fingerprint density at radius 1 is 1.09 bits per heavy atom. The largest absolute Gasteiger partial charge is 0.492 e. The van der Waals surface area contributed by atoms with Gasteiger partial charge >= 0.3 is 0 Å². The average molecular weight is 469 g/mol. The molecule has 3 aromatic rings. The molecule has 33 heavy (non-hydrogen) atoms. The summed E-state index contributed by atoms with van der Waals surface area (Å²) in [7, 11) is -3.66. The first-order chi connectivity index (χ1) is 16.0. The van der Waals surface area contributed by atoms with Gasteiger partial charge in [-0.15, -0.1) is 0 Å². The smallest absolute Gasteiger partial charge is 0.253 e. The summed E-state index contributed by atoms with van der Waals surface area (Å²) in [5.74, 6) is 0.0640. The number of sulfonamides is 1. The van der Waals surface area contributed by atoms with Crippen molar-refractivity contribution in [3.05, 3.63) is 72.6 Å². The minimum Gasteiger partial charge on any atom is -0.492 e. The minimum atomic E-state index is -3.66. The van der Waals surface area contributed by atoms with Gasteiger partial charge in [0.05, 0.1) is 17.2 Å². The molecule has 0 bridgehead atoms. The molecule has 9 heteroatoms. The van der Waals surface area contributed by atoms with Crippen molar-refractivity contribution in [1.82, 2.24) is 14.1 Å². The Morgan fingerprint density at radius 3 is 2.52 bits per heavy atom. The highest BCUT2D eigenvalue weighted by Gasteiger charge is 2.28. The molecule has 1 N–H and O–H groups in total. The maximum atomic E-state index is 13.4. The molecule has 2 aromatic carbocycles. The number of hydrogen-bond donors (Lipinski definition) is 1. The number of carbonyl (C=O) groups excluding carboxylic acids is 1. The van der Waals surface area contributed by atoms with Crippen LogP contribution >= 0.6 is 0 Å². The van der Waals surface area contributed by atoms with Crippen molar-refractivity contribution >= 4 is 21.6 Å². The molecule has 1 aliphatic rings. The molecule has 1 amide bonds. The lowest BCUT2D eigenvalue weighted by molar-refractivity contribution is -0.118. The van der Waals surface area contributed by atoms with Crippen LogP contribution in [0.3, 0.4) is 0 Å². The van der Waals surface area contributed by atoms with Crippen molar-refractivity contribution in [2.24, 2.45) is 0 Å². The zero-order chi connectivity index (χ0) is 23.3. The molecule has 4 rings (SSSR count). The molecule has 1 fully saturated rings. The van der Waals surface area contributed by atoms with E-state index in [2.05, 4.69) is 10.4 Å². The molecule has 0 radical (unpaired) electrons. The monoisotopic (exact) mass is 468 g/mol. The molecule has 174 valence electrons. The van der Waals surface area contributed by atoms with Crippen LogP contribution in [0.4, 0.5) is 5.69 Å². The summed E-state index contributed by atoms with van der Waals surface area (Å²) < 4.78 is 35.1. The van der Waals surface area contributed by atoms with E-state index in [-0.39, 0.29) is 10.8 Å². The second-order valence-corrected chi connectivity index (χ2v) is 9.78. The van der Waals surface area contributed by atoms with Crippen LogP contribution in [-0.2, 0) is 14.8 Å². The van der Waals surface area contributed by atoms with Gasteiger partial charge in [0.25, 0.3) is 5.91 Å². The van der Waals surface area contributed by atoms with Crippen LogP contribution in [0.5, 0.6) is 5.75 Å². The lowest BCUT2D eigenvalue weighted by atomic mass is 10.1. The number of hydrogen-bond acceptors (Lipinski definition) is 5. The van der Waals surface area contributed by atoms with Crippen LogP contribution in [0, 0.1) is 0 Å². The summed E-state index contributed by atoms with van der Waals surface area (Å²) in [5.41, 5.74) is 1.07. The lowest BCUT2D eigenvalue weighted by Crippen LogP contribution is -2.35. The van der Waals surface area contributed by atoms with Gasteiger partial charge < -0.3 is 10.1 Å². The highest BCUT2D eigenvalue weighted by Crippen LogP contribution is 2.31. The first-order valence-corrected chi connectivity index (χ1v) is 12.6. The SMILES string of the molecule is CCOc1ccc(S(=O)(=O)N2CCCCC2)cc1NC(=O)C(c1ccccc1)n1cccn1. The van der Waals surface area contributed by atoms with E-state index in [1.807, 2.05) is 37.3 Å². The van der Waals surface area contributed by atoms with Crippen molar-refractivity contribution < 1.29 is 17.9 Å². The molecule has 1 aromatic heterocycles. The maximum absolute atomic E-state index is 13.4. The minimum absolute atomic E-state index is 0.138. The summed E-state index contributed by atoms with van der Waals surface area (Å²) in [5, 5.41) is 7.14. The predicted octanol–water partition coefficient (Wildman–Crippen LogP) is 3.68. The van der Waals surface area contributed by atoms with Crippen molar-refractivity contribution in [1.29, 1.82) is 0 Å². The van der Waals surface area contributed by atoms with E-state index in [4.69, 9.17) is 4.74 Å². The molecule has 0 aliphatic carbocycles. The maximum Gasteiger partial charge on any atom is 0.253 e. The summed E-state index contributed by atoms with van der Waals surface area (Å²) in [4.78, 5) is 13.6. The van der Waals surface area contributed by atoms with Gasteiger partial charge in [-0.3, -0.25) is 9.48 Å².